The summed E-state index contributed by atoms with van der Waals surface area (Å²) in [7, 11) is -3.71. The first-order valence-corrected chi connectivity index (χ1v) is 8.38. The van der Waals surface area contributed by atoms with Crippen LogP contribution >= 0.6 is 0 Å². The summed E-state index contributed by atoms with van der Waals surface area (Å²) in [6, 6.07) is 3.40. The van der Waals surface area contributed by atoms with Gasteiger partial charge in [0.05, 0.1) is 12.8 Å². The lowest BCUT2D eigenvalue weighted by Crippen LogP contribution is -2.24. The molecule has 0 fully saturated rings. The summed E-state index contributed by atoms with van der Waals surface area (Å²) in [5.74, 6) is 1.20. The van der Waals surface area contributed by atoms with Crippen molar-refractivity contribution in [1.82, 2.24) is 19.9 Å². The van der Waals surface area contributed by atoms with Crippen LogP contribution in [0.25, 0.3) is 11.6 Å². The van der Waals surface area contributed by atoms with Crippen LogP contribution in [0.1, 0.15) is 22.9 Å². The largest absolute Gasteiger partial charge is 0.468 e. The highest BCUT2D eigenvalue weighted by Gasteiger charge is 2.26. The number of aromatic amines is 1. The molecular formula is C14H16N4O4S. The molecule has 0 bridgehead atoms. The Morgan fingerprint density at radius 1 is 1.26 bits per heavy atom. The van der Waals surface area contributed by atoms with Gasteiger partial charge in [-0.05, 0) is 31.5 Å². The number of hydrogen-bond acceptors (Lipinski definition) is 6. The zero-order valence-electron chi connectivity index (χ0n) is 12.9. The van der Waals surface area contributed by atoms with Crippen molar-refractivity contribution in [3.05, 3.63) is 41.3 Å². The molecule has 0 saturated carbocycles. The summed E-state index contributed by atoms with van der Waals surface area (Å²) in [6.45, 7) is 5.12. The van der Waals surface area contributed by atoms with Crippen LogP contribution in [0.2, 0.25) is 0 Å². The minimum Gasteiger partial charge on any atom is -0.468 e. The summed E-state index contributed by atoms with van der Waals surface area (Å²) in [6.07, 6.45) is 1.49. The predicted molar refractivity (Wildman–Crippen MR) is 81.0 cm³/mol. The Morgan fingerprint density at radius 2 is 2.04 bits per heavy atom. The second kappa shape index (κ2) is 5.67. The Bertz CT molecular complexity index is 922. The van der Waals surface area contributed by atoms with Crippen LogP contribution in [-0.4, -0.2) is 23.6 Å². The van der Waals surface area contributed by atoms with Gasteiger partial charge in [-0.3, -0.25) is 0 Å². The van der Waals surface area contributed by atoms with E-state index in [2.05, 4.69) is 19.9 Å². The number of aromatic nitrogens is 3. The quantitative estimate of drug-likeness (QED) is 0.737. The third-order valence-electron chi connectivity index (χ3n) is 3.39. The fourth-order valence-corrected chi connectivity index (χ4v) is 3.83. The average Bonchev–Trinajstić information content (AvgIpc) is 3.18. The molecule has 0 radical (unpaired) electrons. The topological polar surface area (TPSA) is 114 Å². The predicted octanol–water partition coefficient (Wildman–Crippen LogP) is 2.06. The minimum absolute atomic E-state index is 0.0778. The monoisotopic (exact) mass is 336 g/mol. The van der Waals surface area contributed by atoms with Gasteiger partial charge in [0.15, 0.2) is 0 Å². The zero-order chi connectivity index (χ0) is 16.6. The van der Waals surface area contributed by atoms with Gasteiger partial charge in [-0.2, -0.15) is 0 Å². The summed E-state index contributed by atoms with van der Waals surface area (Å²) >= 11 is 0. The SMILES string of the molecule is Cc1nnc(-c2[nH]c(C)c(S(=O)(=O)NCc3ccco3)c2C)o1. The van der Waals surface area contributed by atoms with E-state index in [1.54, 1.807) is 32.9 Å². The molecule has 2 N–H and O–H groups in total. The van der Waals surface area contributed by atoms with Gasteiger partial charge in [0.2, 0.25) is 15.9 Å². The van der Waals surface area contributed by atoms with E-state index < -0.39 is 10.0 Å². The molecular weight excluding hydrogens is 320 g/mol. The van der Waals surface area contributed by atoms with Crippen LogP contribution in [-0.2, 0) is 16.6 Å². The van der Waals surface area contributed by atoms with Crippen LogP contribution in [0.5, 0.6) is 0 Å². The maximum Gasteiger partial charge on any atom is 0.264 e. The van der Waals surface area contributed by atoms with E-state index in [-0.39, 0.29) is 17.3 Å². The molecule has 0 aromatic carbocycles. The lowest BCUT2D eigenvalue weighted by molar-refractivity contribution is 0.498. The molecule has 122 valence electrons. The standard InChI is InChI=1S/C14H16N4O4S/c1-8-12(14-18-17-10(3)22-14)16-9(2)13(8)23(19,20)15-7-11-5-4-6-21-11/h4-6,15-16H,7H2,1-3H3. The molecule has 9 heteroatoms. The lowest BCUT2D eigenvalue weighted by Gasteiger charge is -2.06. The highest BCUT2D eigenvalue weighted by molar-refractivity contribution is 7.89. The molecule has 0 amide bonds. The molecule has 8 nitrogen and oxygen atoms in total. The highest BCUT2D eigenvalue weighted by Crippen LogP contribution is 2.29. The Balaban J connectivity index is 1.94. The van der Waals surface area contributed by atoms with E-state index in [1.165, 1.54) is 6.26 Å². The van der Waals surface area contributed by atoms with Crippen molar-refractivity contribution in [1.29, 1.82) is 0 Å². The van der Waals surface area contributed by atoms with Crippen LogP contribution in [0.4, 0.5) is 0 Å². The van der Waals surface area contributed by atoms with E-state index in [1.807, 2.05) is 0 Å². The third kappa shape index (κ3) is 2.92. The van der Waals surface area contributed by atoms with Gasteiger partial charge in [0.25, 0.3) is 5.89 Å². The van der Waals surface area contributed by atoms with Gasteiger partial charge in [-0.1, -0.05) is 0 Å². The number of hydrogen-bond donors (Lipinski definition) is 2. The van der Waals surface area contributed by atoms with Gasteiger partial charge in [-0.25, -0.2) is 13.1 Å². The number of sulfonamides is 1. The fourth-order valence-electron chi connectivity index (χ4n) is 2.40. The van der Waals surface area contributed by atoms with Gasteiger partial charge < -0.3 is 13.8 Å². The Morgan fingerprint density at radius 3 is 2.65 bits per heavy atom. The third-order valence-corrected chi connectivity index (χ3v) is 5.07. The van der Waals surface area contributed by atoms with Crippen LogP contribution < -0.4 is 4.72 Å². The molecule has 0 aliphatic heterocycles. The van der Waals surface area contributed by atoms with Crippen molar-refractivity contribution >= 4 is 10.0 Å². The van der Waals surface area contributed by atoms with E-state index in [0.717, 1.165) is 0 Å². The molecule has 3 aromatic heterocycles. The first kappa shape index (κ1) is 15.5. The van der Waals surface area contributed by atoms with Crippen molar-refractivity contribution in [3.8, 4) is 11.6 Å². The van der Waals surface area contributed by atoms with Crippen LogP contribution in [0.3, 0.4) is 0 Å². The number of furan rings is 1. The maximum atomic E-state index is 12.6. The van der Waals surface area contributed by atoms with E-state index >= 15 is 0 Å². The molecule has 0 aliphatic rings. The Hall–Kier alpha value is -2.39. The summed E-state index contributed by atoms with van der Waals surface area (Å²) in [5, 5.41) is 7.68. The molecule has 0 atom stereocenters. The van der Waals surface area contributed by atoms with Gasteiger partial charge >= 0.3 is 0 Å². The molecule has 0 saturated heterocycles. The fraction of sp³-hybridized carbons (Fsp3) is 0.286. The smallest absolute Gasteiger partial charge is 0.264 e. The highest BCUT2D eigenvalue weighted by atomic mass is 32.2. The summed E-state index contributed by atoms with van der Waals surface area (Å²) in [4.78, 5) is 3.18. The normalized spacial score (nSPS) is 12.0. The van der Waals surface area contributed by atoms with Crippen LogP contribution in [0.15, 0.2) is 32.1 Å². The maximum absolute atomic E-state index is 12.6. The van der Waals surface area contributed by atoms with Crippen LogP contribution in [0, 0.1) is 20.8 Å². The lowest BCUT2D eigenvalue weighted by atomic mass is 10.2. The number of aryl methyl sites for hydroxylation is 2. The first-order valence-electron chi connectivity index (χ1n) is 6.90. The number of nitrogens with zero attached hydrogens (tertiary/aromatic N) is 2. The summed E-state index contributed by atoms with van der Waals surface area (Å²) < 4.78 is 38.2. The second-order valence-corrected chi connectivity index (χ2v) is 6.81. The average molecular weight is 336 g/mol. The number of nitrogens with one attached hydrogen (secondary N) is 2. The van der Waals surface area contributed by atoms with E-state index in [9.17, 15) is 8.42 Å². The van der Waals surface area contributed by atoms with Crippen molar-refractivity contribution in [2.24, 2.45) is 0 Å². The minimum atomic E-state index is -3.71. The van der Waals surface area contributed by atoms with Crippen molar-refractivity contribution in [3.63, 3.8) is 0 Å². The van der Waals surface area contributed by atoms with E-state index in [4.69, 9.17) is 8.83 Å². The first-order chi connectivity index (χ1) is 10.9. The van der Waals surface area contributed by atoms with Gasteiger partial charge in [0, 0.05) is 12.6 Å². The van der Waals surface area contributed by atoms with E-state index in [0.29, 0.717) is 28.6 Å². The molecule has 0 unspecified atom stereocenters. The van der Waals surface area contributed by atoms with Crippen molar-refractivity contribution in [2.75, 3.05) is 0 Å². The van der Waals surface area contributed by atoms with Crippen molar-refractivity contribution < 1.29 is 17.3 Å². The molecule has 3 rings (SSSR count). The van der Waals surface area contributed by atoms with Gasteiger partial charge in [-0.15, -0.1) is 10.2 Å². The molecule has 0 spiro atoms. The molecule has 0 aliphatic carbocycles. The summed E-state index contributed by atoms with van der Waals surface area (Å²) in [5.41, 5.74) is 1.53. The second-order valence-electron chi connectivity index (χ2n) is 5.11. The zero-order valence-corrected chi connectivity index (χ0v) is 13.7. The number of H-pyrrole nitrogens is 1. The Labute approximate surface area is 133 Å². The molecule has 3 aromatic rings. The van der Waals surface area contributed by atoms with Crippen molar-refractivity contribution in [2.45, 2.75) is 32.2 Å². The number of rotatable bonds is 5. The molecule has 23 heavy (non-hydrogen) atoms. The molecule has 3 heterocycles. The Kier molecular flexibility index (Phi) is 3.82. The van der Waals surface area contributed by atoms with Gasteiger partial charge in [0.1, 0.15) is 16.3 Å².